The summed E-state index contributed by atoms with van der Waals surface area (Å²) in [5, 5.41) is 0.453. The summed E-state index contributed by atoms with van der Waals surface area (Å²) in [6, 6.07) is 7.70. The standard InChI is InChI=1S/C16H18ClFN2O/c1-9-4-6-12(16(21-3)10(9)2)15(20-19)13-8-11(17)5-7-14(13)18/h4-8,15,20H,19H2,1-3H3. The van der Waals surface area contributed by atoms with E-state index in [1.54, 1.807) is 13.2 Å². The van der Waals surface area contributed by atoms with Crippen LogP contribution >= 0.6 is 11.6 Å². The first-order valence-corrected chi connectivity index (χ1v) is 6.92. The zero-order valence-corrected chi connectivity index (χ0v) is 13.0. The smallest absolute Gasteiger partial charge is 0.128 e. The number of nitrogens with one attached hydrogen (secondary N) is 1. The topological polar surface area (TPSA) is 47.3 Å². The first-order valence-electron chi connectivity index (χ1n) is 6.54. The molecule has 1 unspecified atom stereocenters. The molecule has 0 radical (unpaired) electrons. The van der Waals surface area contributed by atoms with Gasteiger partial charge in [0.15, 0.2) is 0 Å². The molecule has 2 aromatic rings. The van der Waals surface area contributed by atoms with E-state index in [2.05, 4.69) is 5.43 Å². The molecule has 5 heteroatoms. The molecule has 0 spiro atoms. The third-order valence-corrected chi connectivity index (χ3v) is 3.89. The van der Waals surface area contributed by atoms with Crippen molar-refractivity contribution < 1.29 is 9.13 Å². The molecule has 0 amide bonds. The van der Waals surface area contributed by atoms with Crippen molar-refractivity contribution >= 4 is 11.6 Å². The van der Waals surface area contributed by atoms with E-state index in [0.717, 1.165) is 16.7 Å². The molecule has 0 heterocycles. The fourth-order valence-electron chi connectivity index (χ4n) is 2.39. The Balaban J connectivity index is 2.62. The predicted octanol–water partition coefficient (Wildman–Crippen LogP) is 3.66. The van der Waals surface area contributed by atoms with Crippen molar-refractivity contribution in [3.8, 4) is 5.75 Å². The fourth-order valence-corrected chi connectivity index (χ4v) is 2.57. The molecule has 0 fully saturated rings. The fraction of sp³-hybridized carbons (Fsp3) is 0.250. The van der Waals surface area contributed by atoms with Crippen LogP contribution in [-0.2, 0) is 0 Å². The Morgan fingerprint density at radius 2 is 1.90 bits per heavy atom. The second-order valence-corrected chi connectivity index (χ2v) is 5.33. The Morgan fingerprint density at radius 1 is 1.19 bits per heavy atom. The van der Waals surface area contributed by atoms with Gasteiger partial charge in [0.25, 0.3) is 0 Å². The largest absolute Gasteiger partial charge is 0.496 e. The summed E-state index contributed by atoms with van der Waals surface area (Å²) in [7, 11) is 1.59. The zero-order valence-electron chi connectivity index (χ0n) is 12.2. The second kappa shape index (κ2) is 6.43. The van der Waals surface area contributed by atoms with Gasteiger partial charge in [-0.25, -0.2) is 9.82 Å². The van der Waals surface area contributed by atoms with Crippen molar-refractivity contribution in [1.29, 1.82) is 0 Å². The molecule has 0 aromatic heterocycles. The van der Waals surface area contributed by atoms with E-state index in [9.17, 15) is 4.39 Å². The van der Waals surface area contributed by atoms with Crippen molar-refractivity contribution in [2.75, 3.05) is 7.11 Å². The summed E-state index contributed by atoms with van der Waals surface area (Å²) in [4.78, 5) is 0. The SMILES string of the molecule is COc1c(C(NN)c2cc(Cl)ccc2F)ccc(C)c1C. The average Bonchev–Trinajstić information content (AvgIpc) is 2.47. The van der Waals surface area contributed by atoms with E-state index < -0.39 is 6.04 Å². The maximum atomic E-state index is 14.1. The quantitative estimate of drug-likeness (QED) is 0.669. The van der Waals surface area contributed by atoms with Crippen LogP contribution in [-0.4, -0.2) is 7.11 Å². The van der Waals surface area contributed by atoms with Gasteiger partial charge in [0.2, 0.25) is 0 Å². The Morgan fingerprint density at radius 3 is 2.52 bits per heavy atom. The molecular formula is C16H18ClFN2O. The van der Waals surface area contributed by atoms with Crippen LogP contribution in [0.25, 0.3) is 0 Å². The van der Waals surface area contributed by atoms with Crippen LogP contribution in [0.3, 0.4) is 0 Å². The molecule has 3 nitrogen and oxygen atoms in total. The van der Waals surface area contributed by atoms with Crippen LogP contribution < -0.4 is 16.0 Å². The van der Waals surface area contributed by atoms with Crippen molar-refractivity contribution in [2.45, 2.75) is 19.9 Å². The molecule has 0 saturated heterocycles. The normalized spacial score (nSPS) is 12.3. The van der Waals surface area contributed by atoms with Crippen LogP contribution in [0.4, 0.5) is 4.39 Å². The molecule has 112 valence electrons. The molecule has 0 aliphatic heterocycles. The summed E-state index contributed by atoms with van der Waals surface area (Å²) >= 11 is 5.97. The minimum atomic E-state index is -0.544. The van der Waals surface area contributed by atoms with Crippen molar-refractivity contribution in [3.63, 3.8) is 0 Å². The Kier molecular flexibility index (Phi) is 4.83. The number of rotatable bonds is 4. The predicted molar refractivity (Wildman–Crippen MR) is 83.0 cm³/mol. The van der Waals surface area contributed by atoms with Gasteiger partial charge in [-0.15, -0.1) is 0 Å². The number of ether oxygens (including phenoxy) is 1. The van der Waals surface area contributed by atoms with Crippen LogP contribution in [0, 0.1) is 19.7 Å². The van der Waals surface area contributed by atoms with Gasteiger partial charge in [0.05, 0.1) is 13.2 Å². The molecule has 2 rings (SSSR count). The van der Waals surface area contributed by atoms with Crippen molar-refractivity contribution in [3.05, 3.63) is 63.4 Å². The van der Waals surface area contributed by atoms with Gasteiger partial charge >= 0.3 is 0 Å². The number of methoxy groups -OCH3 is 1. The maximum Gasteiger partial charge on any atom is 0.128 e. The monoisotopic (exact) mass is 308 g/mol. The molecule has 1 atom stereocenters. The van der Waals surface area contributed by atoms with Gasteiger partial charge in [-0.2, -0.15) is 0 Å². The van der Waals surface area contributed by atoms with E-state index in [0.29, 0.717) is 16.3 Å². The average molecular weight is 309 g/mol. The van der Waals surface area contributed by atoms with E-state index in [1.165, 1.54) is 12.1 Å². The molecule has 21 heavy (non-hydrogen) atoms. The van der Waals surface area contributed by atoms with E-state index in [1.807, 2.05) is 26.0 Å². The molecule has 2 aromatic carbocycles. The summed E-state index contributed by atoms with van der Waals surface area (Å²) in [6.07, 6.45) is 0. The lowest BCUT2D eigenvalue weighted by Gasteiger charge is -2.22. The molecule has 0 saturated carbocycles. The summed E-state index contributed by atoms with van der Waals surface area (Å²) in [5.74, 6) is 5.97. The minimum Gasteiger partial charge on any atom is -0.496 e. The van der Waals surface area contributed by atoms with Gasteiger partial charge < -0.3 is 4.74 Å². The number of hydrogen-bond acceptors (Lipinski definition) is 3. The summed E-state index contributed by atoms with van der Waals surface area (Å²) in [5.41, 5.74) is 5.89. The Bertz CT molecular complexity index is 661. The molecule has 0 bridgehead atoms. The number of nitrogens with two attached hydrogens (primary N) is 1. The molecule has 3 N–H and O–H groups in total. The lowest BCUT2D eigenvalue weighted by Crippen LogP contribution is -2.30. The van der Waals surface area contributed by atoms with E-state index >= 15 is 0 Å². The highest BCUT2D eigenvalue weighted by Gasteiger charge is 2.22. The molecule has 0 aliphatic carbocycles. The van der Waals surface area contributed by atoms with E-state index in [-0.39, 0.29) is 5.82 Å². The third-order valence-electron chi connectivity index (χ3n) is 3.66. The van der Waals surface area contributed by atoms with Crippen LogP contribution in [0.5, 0.6) is 5.75 Å². The highest BCUT2D eigenvalue weighted by Crippen LogP contribution is 2.35. The van der Waals surface area contributed by atoms with Gasteiger partial charge in [0, 0.05) is 16.1 Å². The molecular weight excluding hydrogens is 291 g/mol. The lowest BCUT2D eigenvalue weighted by atomic mass is 9.94. The Hall–Kier alpha value is -1.62. The second-order valence-electron chi connectivity index (χ2n) is 4.90. The maximum absolute atomic E-state index is 14.1. The number of hydrogen-bond donors (Lipinski definition) is 2. The van der Waals surface area contributed by atoms with E-state index in [4.69, 9.17) is 22.2 Å². The van der Waals surface area contributed by atoms with Crippen LogP contribution in [0.15, 0.2) is 30.3 Å². The number of aryl methyl sites for hydroxylation is 1. The summed E-state index contributed by atoms with van der Waals surface area (Å²) in [6.45, 7) is 3.95. The van der Waals surface area contributed by atoms with Crippen molar-refractivity contribution in [1.82, 2.24) is 5.43 Å². The molecule has 0 aliphatic rings. The number of benzene rings is 2. The zero-order chi connectivity index (χ0) is 15.6. The van der Waals surface area contributed by atoms with Gasteiger partial charge in [-0.05, 0) is 43.2 Å². The highest BCUT2D eigenvalue weighted by atomic mass is 35.5. The van der Waals surface area contributed by atoms with Crippen molar-refractivity contribution in [2.24, 2.45) is 5.84 Å². The third kappa shape index (κ3) is 3.02. The van der Waals surface area contributed by atoms with Gasteiger partial charge in [0.1, 0.15) is 11.6 Å². The number of hydrazine groups is 1. The first-order chi connectivity index (χ1) is 9.99. The first kappa shape index (κ1) is 15.8. The minimum absolute atomic E-state index is 0.373. The van der Waals surface area contributed by atoms with Gasteiger partial charge in [-0.3, -0.25) is 5.84 Å². The highest BCUT2D eigenvalue weighted by molar-refractivity contribution is 6.30. The van der Waals surface area contributed by atoms with Crippen LogP contribution in [0.1, 0.15) is 28.3 Å². The lowest BCUT2D eigenvalue weighted by molar-refractivity contribution is 0.400. The van der Waals surface area contributed by atoms with Crippen LogP contribution in [0.2, 0.25) is 5.02 Å². The van der Waals surface area contributed by atoms with Gasteiger partial charge in [-0.1, -0.05) is 23.7 Å². The number of halogens is 2. The summed E-state index contributed by atoms with van der Waals surface area (Å²) < 4.78 is 19.6. The Labute approximate surface area is 128 Å².